The van der Waals surface area contributed by atoms with Gasteiger partial charge in [-0.2, -0.15) is 0 Å². The number of pyridine rings is 1. The third-order valence-corrected chi connectivity index (χ3v) is 1.96. The van der Waals surface area contributed by atoms with Crippen molar-refractivity contribution in [2.45, 2.75) is 6.92 Å². The van der Waals surface area contributed by atoms with Gasteiger partial charge in [0.1, 0.15) is 6.33 Å². The molecule has 0 aromatic carbocycles. The highest BCUT2D eigenvalue weighted by Crippen LogP contribution is 2.15. The molecule has 0 radical (unpaired) electrons. The summed E-state index contributed by atoms with van der Waals surface area (Å²) >= 11 is 0. The first-order chi connectivity index (χ1) is 6.77. The van der Waals surface area contributed by atoms with Gasteiger partial charge in [-0.15, -0.1) is 10.2 Å². The van der Waals surface area contributed by atoms with Crippen molar-refractivity contribution in [1.29, 1.82) is 0 Å². The first-order valence-electron chi connectivity index (χ1n) is 4.30. The van der Waals surface area contributed by atoms with Crippen molar-refractivity contribution in [2.75, 3.05) is 5.32 Å². The molecule has 5 heteroatoms. The van der Waals surface area contributed by atoms with E-state index in [1.54, 1.807) is 12.5 Å². The molecule has 2 heterocycles. The number of nitrogens with one attached hydrogen (secondary N) is 1. The minimum Gasteiger partial charge on any atom is -0.323 e. The Labute approximate surface area is 81.8 Å². The number of nitrogens with zero attached hydrogens (tertiary/aromatic N) is 4. The molecule has 0 atom stereocenters. The van der Waals surface area contributed by atoms with Crippen LogP contribution in [-0.2, 0) is 7.05 Å². The summed E-state index contributed by atoms with van der Waals surface area (Å²) in [5.74, 6) is 0.709. The Kier molecular flexibility index (Phi) is 2.14. The molecule has 2 rings (SSSR count). The van der Waals surface area contributed by atoms with Gasteiger partial charge in [0.25, 0.3) is 0 Å². The SMILES string of the molecule is Cc1ncccc1Nc1nncn1C. The zero-order chi connectivity index (χ0) is 9.97. The maximum atomic E-state index is 4.17. The fourth-order valence-corrected chi connectivity index (χ4v) is 1.13. The van der Waals surface area contributed by atoms with Crippen molar-refractivity contribution in [3.05, 3.63) is 30.4 Å². The summed E-state index contributed by atoms with van der Waals surface area (Å²) in [5.41, 5.74) is 1.89. The molecule has 5 nitrogen and oxygen atoms in total. The quantitative estimate of drug-likeness (QED) is 0.772. The minimum absolute atomic E-state index is 0.709. The Balaban J connectivity index is 2.28. The molecule has 0 aliphatic heterocycles. The van der Waals surface area contributed by atoms with E-state index in [0.717, 1.165) is 11.4 Å². The van der Waals surface area contributed by atoms with Gasteiger partial charge in [0, 0.05) is 13.2 Å². The highest BCUT2D eigenvalue weighted by Gasteiger charge is 2.02. The van der Waals surface area contributed by atoms with Crippen LogP contribution >= 0.6 is 0 Å². The molecule has 0 saturated carbocycles. The smallest absolute Gasteiger partial charge is 0.228 e. The Hall–Kier alpha value is -1.91. The highest BCUT2D eigenvalue weighted by molar-refractivity contribution is 5.55. The molecule has 2 aromatic rings. The van der Waals surface area contributed by atoms with E-state index in [0.29, 0.717) is 5.95 Å². The van der Waals surface area contributed by atoms with Gasteiger partial charge in [-0.05, 0) is 19.1 Å². The van der Waals surface area contributed by atoms with Crippen LogP contribution in [0.1, 0.15) is 5.69 Å². The van der Waals surface area contributed by atoms with Crippen LogP contribution in [-0.4, -0.2) is 19.7 Å². The molecule has 0 fully saturated rings. The monoisotopic (exact) mass is 189 g/mol. The van der Waals surface area contributed by atoms with Gasteiger partial charge >= 0.3 is 0 Å². The second-order valence-corrected chi connectivity index (χ2v) is 3.03. The van der Waals surface area contributed by atoms with Gasteiger partial charge in [0.2, 0.25) is 5.95 Å². The maximum Gasteiger partial charge on any atom is 0.228 e. The summed E-state index contributed by atoms with van der Waals surface area (Å²) in [4.78, 5) is 4.17. The van der Waals surface area contributed by atoms with E-state index in [-0.39, 0.29) is 0 Å². The lowest BCUT2D eigenvalue weighted by Gasteiger charge is -2.06. The molecule has 14 heavy (non-hydrogen) atoms. The summed E-state index contributed by atoms with van der Waals surface area (Å²) in [6.07, 6.45) is 3.41. The molecular formula is C9H11N5. The number of hydrogen-bond acceptors (Lipinski definition) is 4. The number of rotatable bonds is 2. The summed E-state index contributed by atoms with van der Waals surface area (Å²) < 4.78 is 1.81. The topological polar surface area (TPSA) is 55.6 Å². The van der Waals surface area contributed by atoms with Crippen molar-refractivity contribution in [2.24, 2.45) is 7.05 Å². The van der Waals surface area contributed by atoms with Crippen LogP contribution in [0, 0.1) is 6.92 Å². The summed E-state index contributed by atoms with van der Waals surface area (Å²) in [6, 6.07) is 3.84. The van der Waals surface area contributed by atoms with E-state index in [1.165, 1.54) is 0 Å². The average Bonchev–Trinajstić information content (AvgIpc) is 2.56. The second-order valence-electron chi connectivity index (χ2n) is 3.03. The summed E-state index contributed by atoms with van der Waals surface area (Å²) in [5, 5.41) is 10.9. The van der Waals surface area contributed by atoms with E-state index in [9.17, 15) is 0 Å². The normalized spacial score (nSPS) is 10.1. The number of aryl methyl sites for hydroxylation is 2. The Morgan fingerprint density at radius 2 is 2.29 bits per heavy atom. The van der Waals surface area contributed by atoms with E-state index in [1.807, 2.05) is 30.7 Å². The van der Waals surface area contributed by atoms with Crippen LogP contribution < -0.4 is 5.32 Å². The molecule has 0 bridgehead atoms. The number of aromatic nitrogens is 4. The van der Waals surface area contributed by atoms with Gasteiger partial charge in [0.05, 0.1) is 11.4 Å². The summed E-state index contributed by atoms with van der Waals surface area (Å²) in [6.45, 7) is 1.94. The van der Waals surface area contributed by atoms with Crippen LogP contribution in [0.2, 0.25) is 0 Å². The van der Waals surface area contributed by atoms with Gasteiger partial charge < -0.3 is 9.88 Å². The average molecular weight is 189 g/mol. The first kappa shape index (κ1) is 8.68. The fourth-order valence-electron chi connectivity index (χ4n) is 1.13. The van der Waals surface area contributed by atoms with Crippen molar-refractivity contribution < 1.29 is 0 Å². The minimum atomic E-state index is 0.709. The van der Waals surface area contributed by atoms with E-state index < -0.39 is 0 Å². The predicted octanol–water partition coefficient (Wildman–Crippen LogP) is 1.26. The summed E-state index contributed by atoms with van der Waals surface area (Å²) in [7, 11) is 1.88. The van der Waals surface area contributed by atoms with Crippen LogP contribution in [0.5, 0.6) is 0 Å². The fraction of sp³-hybridized carbons (Fsp3) is 0.222. The van der Waals surface area contributed by atoms with Crippen molar-refractivity contribution >= 4 is 11.6 Å². The number of hydrogen-bond donors (Lipinski definition) is 1. The first-order valence-corrected chi connectivity index (χ1v) is 4.30. The molecule has 1 N–H and O–H groups in total. The molecule has 72 valence electrons. The predicted molar refractivity (Wildman–Crippen MR) is 53.3 cm³/mol. The van der Waals surface area contributed by atoms with Crippen LogP contribution in [0.25, 0.3) is 0 Å². The molecule has 2 aromatic heterocycles. The van der Waals surface area contributed by atoms with Crippen molar-refractivity contribution in [1.82, 2.24) is 19.7 Å². The zero-order valence-corrected chi connectivity index (χ0v) is 8.10. The van der Waals surface area contributed by atoms with Crippen LogP contribution in [0.15, 0.2) is 24.7 Å². The van der Waals surface area contributed by atoms with Crippen LogP contribution in [0.3, 0.4) is 0 Å². The Bertz CT molecular complexity index is 434. The number of anilines is 2. The molecule has 0 aliphatic rings. The van der Waals surface area contributed by atoms with Gasteiger partial charge in [-0.3, -0.25) is 4.98 Å². The molecule has 0 aliphatic carbocycles. The van der Waals surface area contributed by atoms with Crippen molar-refractivity contribution in [3.8, 4) is 0 Å². The second kappa shape index (κ2) is 3.45. The third-order valence-electron chi connectivity index (χ3n) is 1.96. The van der Waals surface area contributed by atoms with E-state index >= 15 is 0 Å². The molecule has 0 saturated heterocycles. The van der Waals surface area contributed by atoms with E-state index in [4.69, 9.17) is 0 Å². The largest absolute Gasteiger partial charge is 0.323 e. The molecular weight excluding hydrogens is 178 g/mol. The molecule has 0 amide bonds. The zero-order valence-electron chi connectivity index (χ0n) is 8.10. The van der Waals surface area contributed by atoms with Gasteiger partial charge in [-0.25, -0.2) is 0 Å². The Morgan fingerprint density at radius 1 is 1.43 bits per heavy atom. The maximum absolute atomic E-state index is 4.17. The van der Waals surface area contributed by atoms with Crippen molar-refractivity contribution in [3.63, 3.8) is 0 Å². The van der Waals surface area contributed by atoms with Gasteiger partial charge in [-0.1, -0.05) is 0 Å². The lowest BCUT2D eigenvalue weighted by molar-refractivity contribution is 0.918. The standard InChI is InChI=1S/C9H11N5/c1-7-8(4-3-5-10-7)12-9-13-11-6-14(9)2/h3-6H,1-2H3,(H,12,13). The van der Waals surface area contributed by atoms with Gasteiger partial charge in [0.15, 0.2) is 0 Å². The third kappa shape index (κ3) is 1.56. The molecule has 0 unspecified atom stereocenters. The Morgan fingerprint density at radius 3 is 2.93 bits per heavy atom. The highest BCUT2D eigenvalue weighted by atomic mass is 15.3. The van der Waals surface area contributed by atoms with E-state index in [2.05, 4.69) is 20.5 Å². The van der Waals surface area contributed by atoms with Crippen LogP contribution in [0.4, 0.5) is 11.6 Å². The lowest BCUT2D eigenvalue weighted by atomic mass is 10.3. The molecule has 0 spiro atoms. The lowest BCUT2D eigenvalue weighted by Crippen LogP contribution is -2.00.